The van der Waals surface area contributed by atoms with Crippen molar-refractivity contribution >= 4 is 5.69 Å². The molecule has 3 heterocycles. The van der Waals surface area contributed by atoms with Crippen molar-refractivity contribution in [3.8, 4) is 41.4 Å². The maximum Gasteiger partial charge on any atom is 0.115 e. The van der Waals surface area contributed by atoms with Crippen molar-refractivity contribution in [2.24, 2.45) is 5.11 Å². The van der Waals surface area contributed by atoms with Crippen LogP contribution in [0, 0.1) is 35.0 Å². The van der Waals surface area contributed by atoms with Gasteiger partial charge in [-0.25, -0.2) is 4.68 Å². The Morgan fingerprint density at radius 2 is 1.53 bits per heavy atom. The van der Waals surface area contributed by atoms with Crippen molar-refractivity contribution in [1.82, 2.24) is 25.0 Å². The van der Waals surface area contributed by atoms with E-state index in [0.29, 0.717) is 16.8 Å². The predicted molar refractivity (Wildman–Crippen MR) is 141 cm³/mol. The van der Waals surface area contributed by atoms with Gasteiger partial charge < -0.3 is 0 Å². The van der Waals surface area contributed by atoms with Gasteiger partial charge in [-0.15, -0.1) is 11.5 Å². The number of pyridine rings is 2. The molecule has 5 aromatic rings. The van der Waals surface area contributed by atoms with Crippen LogP contribution >= 0.6 is 0 Å². The van der Waals surface area contributed by atoms with E-state index in [2.05, 4.69) is 42.3 Å². The summed E-state index contributed by atoms with van der Waals surface area (Å²) in [5.41, 5.74) is 12.9. The third-order valence-electron chi connectivity index (χ3n) is 4.65. The second kappa shape index (κ2) is 14.2. The van der Waals surface area contributed by atoms with Crippen molar-refractivity contribution in [3.05, 3.63) is 131 Å². The molecule has 0 unspecified atom stereocenters. The highest BCUT2D eigenvalue weighted by atomic mass is 15.4. The number of benzene rings is 2. The Morgan fingerprint density at radius 1 is 0.842 bits per heavy atom. The zero-order chi connectivity index (χ0) is 27.0. The molecule has 0 saturated heterocycles. The van der Waals surface area contributed by atoms with Gasteiger partial charge in [-0.1, -0.05) is 34.4 Å². The molecule has 38 heavy (non-hydrogen) atoms. The number of nitriles is 2. The second-order valence-corrected chi connectivity index (χ2v) is 7.19. The third kappa shape index (κ3) is 7.90. The Hall–Kier alpha value is -6.27. The first kappa shape index (κ1) is 26.3. The van der Waals surface area contributed by atoms with Crippen LogP contribution in [0.2, 0.25) is 0 Å². The van der Waals surface area contributed by atoms with Crippen LogP contribution in [-0.2, 0) is 0 Å². The molecule has 10 heteroatoms. The minimum absolute atomic E-state index is 0.464. The zero-order valence-electron chi connectivity index (χ0n) is 19.9. The molecule has 0 spiro atoms. The Labute approximate surface area is 218 Å². The van der Waals surface area contributed by atoms with Crippen LogP contribution in [-0.4, -0.2) is 25.0 Å². The molecule has 3 aromatic heterocycles. The van der Waals surface area contributed by atoms with Gasteiger partial charge in [0.2, 0.25) is 0 Å². The highest BCUT2D eigenvalue weighted by Gasteiger charge is 2.05. The molecular weight excluding hydrogens is 476 g/mol. The summed E-state index contributed by atoms with van der Waals surface area (Å²) in [5, 5.41) is 28.9. The average Bonchev–Trinajstić information content (AvgIpc) is 3.50. The van der Waals surface area contributed by atoms with Gasteiger partial charge in [0.1, 0.15) is 5.69 Å². The van der Waals surface area contributed by atoms with Gasteiger partial charge in [0.25, 0.3) is 0 Å². The van der Waals surface area contributed by atoms with Crippen molar-refractivity contribution in [2.75, 3.05) is 0 Å². The van der Waals surface area contributed by atoms with Crippen LogP contribution in [0.3, 0.4) is 0 Å². The molecule has 0 aliphatic carbocycles. The lowest BCUT2D eigenvalue weighted by Crippen LogP contribution is -1.94. The number of hydrogen-bond acceptors (Lipinski definition) is 7. The van der Waals surface area contributed by atoms with E-state index in [1.54, 1.807) is 59.8 Å². The topological polar surface area (TPSA) is 153 Å². The lowest BCUT2D eigenvalue weighted by Gasteiger charge is -1.99. The molecule has 0 aliphatic heterocycles. The maximum absolute atomic E-state index is 8.89. The molecule has 0 aliphatic rings. The van der Waals surface area contributed by atoms with Crippen LogP contribution in [0.1, 0.15) is 16.7 Å². The van der Waals surface area contributed by atoms with Crippen molar-refractivity contribution in [1.29, 1.82) is 10.5 Å². The van der Waals surface area contributed by atoms with Gasteiger partial charge in [0.05, 0.1) is 35.1 Å². The molecule has 0 fully saturated rings. The predicted octanol–water partition coefficient (Wildman–Crippen LogP) is 5.76. The quantitative estimate of drug-likeness (QED) is 0.134. The molecule has 0 bridgehead atoms. The van der Waals surface area contributed by atoms with E-state index in [-0.39, 0.29) is 0 Å². The van der Waals surface area contributed by atoms with E-state index in [4.69, 9.17) is 22.5 Å². The fourth-order valence-corrected chi connectivity index (χ4v) is 2.89. The van der Waals surface area contributed by atoms with E-state index in [1.165, 1.54) is 6.07 Å². The Kier molecular flexibility index (Phi) is 9.84. The fourth-order valence-electron chi connectivity index (χ4n) is 2.89. The van der Waals surface area contributed by atoms with E-state index < -0.39 is 0 Å². The van der Waals surface area contributed by atoms with Gasteiger partial charge >= 0.3 is 0 Å². The SMILES string of the molecule is C#Cc1cccnc1.N#Cc1cccc(-n2cc(-c3cccnc3)nn2)c1.N#Cc1cccc(N=[N+]=[N-])c1. The minimum Gasteiger partial charge on any atom is -0.264 e. The molecule has 0 N–H and O–H groups in total. The summed E-state index contributed by atoms with van der Waals surface area (Å²) in [6.45, 7) is 0. The fraction of sp³-hybridized carbons (Fsp3) is 0. The van der Waals surface area contributed by atoms with E-state index in [9.17, 15) is 0 Å². The van der Waals surface area contributed by atoms with Gasteiger partial charge in [-0.05, 0) is 60.1 Å². The molecule has 10 nitrogen and oxygen atoms in total. The average molecular weight is 495 g/mol. The standard InChI is InChI=1S/C14H9N5.C7H4N4.C7H5N/c15-8-11-3-1-5-13(7-11)19-10-14(17-18-19)12-4-2-6-16-9-12;8-5-6-2-1-3-7(4-6)10-11-9;1-2-7-4-3-5-8-6-7/h1-7,9-10H;1-4H;1,3-6H. The van der Waals surface area contributed by atoms with Crippen LogP contribution < -0.4 is 0 Å². The summed E-state index contributed by atoms with van der Waals surface area (Å²) >= 11 is 0. The van der Waals surface area contributed by atoms with Gasteiger partial charge in [0.15, 0.2) is 0 Å². The minimum atomic E-state index is 0.464. The van der Waals surface area contributed by atoms with Gasteiger partial charge in [-0.3, -0.25) is 9.97 Å². The first-order valence-corrected chi connectivity index (χ1v) is 10.9. The summed E-state index contributed by atoms with van der Waals surface area (Å²) in [4.78, 5) is 10.5. The van der Waals surface area contributed by atoms with Crippen LogP contribution in [0.15, 0.2) is 109 Å². The number of azide groups is 1. The highest BCUT2D eigenvalue weighted by molar-refractivity contribution is 5.56. The molecule has 0 amide bonds. The zero-order valence-corrected chi connectivity index (χ0v) is 19.9. The van der Waals surface area contributed by atoms with Gasteiger partial charge in [-0.2, -0.15) is 10.5 Å². The number of hydrogen-bond donors (Lipinski definition) is 0. The van der Waals surface area contributed by atoms with E-state index >= 15 is 0 Å². The normalized spacial score (nSPS) is 8.97. The molecule has 0 saturated carbocycles. The molecule has 0 atom stereocenters. The largest absolute Gasteiger partial charge is 0.264 e. The van der Waals surface area contributed by atoms with Crippen LogP contribution in [0.4, 0.5) is 5.69 Å². The maximum atomic E-state index is 8.89. The number of terminal acetylenes is 1. The van der Waals surface area contributed by atoms with Crippen LogP contribution in [0.5, 0.6) is 0 Å². The monoisotopic (exact) mass is 494 g/mol. The molecule has 5 rings (SSSR count). The Bertz CT molecular complexity index is 1650. The number of rotatable bonds is 3. The van der Waals surface area contributed by atoms with Crippen molar-refractivity contribution in [2.45, 2.75) is 0 Å². The van der Waals surface area contributed by atoms with Crippen molar-refractivity contribution < 1.29 is 0 Å². The van der Waals surface area contributed by atoms with E-state index in [1.807, 2.05) is 48.7 Å². The summed E-state index contributed by atoms with van der Waals surface area (Å²) in [6.07, 6.45) is 13.7. The summed E-state index contributed by atoms with van der Waals surface area (Å²) in [5.74, 6) is 2.46. The van der Waals surface area contributed by atoms with Crippen LogP contribution in [0.25, 0.3) is 27.4 Å². The summed E-state index contributed by atoms with van der Waals surface area (Å²) in [7, 11) is 0. The Morgan fingerprint density at radius 3 is 2.13 bits per heavy atom. The summed E-state index contributed by atoms with van der Waals surface area (Å²) in [6, 6.07) is 25.2. The van der Waals surface area contributed by atoms with E-state index in [0.717, 1.165) is 22.5 Å². The van der Waals surface area contributed by atoms with Crippen molar-refractivity contribution in [3.63, 3.8) is 0 Å². The smallest absolute Gasteiger partial charge is 0.115 e. The molecule has 0 radical (unpaired) electrons. The second-order valence-electron chi connectivity index (χ2n) is 7.19. The first-order valence-electron chi connectivity index (χ1n) is 10.9. The first-order chi connectivity index (χ1) is 18.7. The molecular formula is C28H18N10. The number of nitrogens with zero attached hydrogens (tertiary/aromatic N) is 10. The lowest BCUT2D eigenvalue weighted by molar-refractivity contribution is 0.803. The molecule has 180 valence electrons. The highest BCUT2D eigenvalue weighted by Crippen LogP contribution is 2.17. The molecule has 2 aromatic carbocycles. The Balaban J connectivity index is 0.000000178. The summed E-state index contributed by atoms with van der Waals surface area (Å²) < 4.78 is 1.64. The van der Waals surface area contributed by atoms with Gasteiger partial charge in [0, 0.05) is 46.5 Å². The number of aromatic nitrogens is 5. The third-order valence-corrected chi connectivity index (χ3v) is 4.65. The lowest BCUT2D eigenvalue weighted by atomic mass is 10.2.